The van der Waals surface area contributed by atoms with E-state index in [9.17, 15) is 8.42 Å². The molecular weight excluding hydrogens is 318 g/mol. The first-order valence-electron chi connectivity index (χ1n) is 6.37. The van der Waals surface area contributed by atoms with Crippen molar-refractivity contribution in [1.82, 2.24) is 24.2 Å². The summed E-state index contributed by atoms with van der Waals surface area (Å²) in [6.45, 7) is 2.41. The van der Waals surface area contributed by atoms with Crippen molar-refractivity contribution in [3.05, 3.63) is 22.9 Å². The molecule has 21 heavy (non-hydrogen) atoms. The highest BCUT2D eigenvalue weighted by atomic mass is 35.5. The summed E-state index contributed by atoms with van der Waals surface area (Å²) in [7, 11) is -2.13. The molecule has 1 aliphatic rings. The van der Waals surface area contributed by atoms with Gasteiger partial charge >= 0.3 is 0 Å². The molecule has 10 heteroatoms. The zero-order valence-electron chi connectivity index (χ0n) is 11.5. The van der Waals surface area contributed by atoms with Crippen molar-refractivity contribution < 1.29 is 12.9 Å². The minimum Gasteiger partial charge on any atom is -0.339 e. The van der Waals surface area contributed by atoms with Crippen LogP contribution in [0.1, 0.15) is 24.1 Å². The van der Waals surface area contributed by atoms with Gasteiger partial charge < -0.3 is 4.52 Å². The molecule has 2 aromatic rings. The number of hydrogen-bond donors (Lipinski definition) is 0. The third-order valence-corrected chi connectivity index (χ3v) is 5.84. The number of sulfonamides is 1. The van der Waals surface area contributed by atoms with Crippen LogP contribution in [-0.4, -0.2) is 45.7 Å². The topological polar surface area (TPSA) is 94.1 Å². The summed E-state index contributed by atoms with van der Waals surface area (Å²) >= 11 is 5.93. The first-order valence-corrected chi connectivity index (χ1v) is 8.19. The number of aromatic nitrogens is 4. The van der Waals surface area contributed by atoms with Gasteiger partial charge in [-0.1, -0.05) is 16.8 Å². The molecule has 0 unspecified atom stereocenters. The van der Waals surface area contributed by atoms with Crippen LogP contribution < -0.4 is 0 Å². The Hall–Kier alpha value is -1.45. The Bertz CT molecular complexity index is 749. The van der Waals surface area contributed by atoms with Crippen LogP contribution in [0.4, 0.5) is 0 Å². The molecule has 0 spiro atoms. The molecule has 1 fully saturated rings. The maximum absolute atomic E-state index is 12.6. The van der Waals surface area contributed by atoms with E-state index in [2.05, 4.69) is 15.2 Å². The molecular formula is C11H14ClN5O3S. The second-order valence-electron chi connectivity index (χ2n) is 4.95. The van der Waals surface area contributed by atoms with E-state index in [1.54, 1.807) is 14.0 Å². The van der Waals surface area contributed by atoms with Crippen LogP contribution in [-0.2, 0) is 17.1 Å². The Morgan fingerprint density at radius 2 is 2.24 bits per heavy atom. The van der Waals surface area contributed by atoms with Gasteiger partial charge in [0.05, 0.1) is 17.1 Å². The summed E-state index contributed by atoms with van der Waals surface area (Å²) < 4.78 is 33.0. The maximum Gasteiger partial charge on any atom is 0.261 e. The lowest BCUT2D eigenvalue weighted by Crippen LogP contribution is -2.30. The number of rotatable bonds is 3. The van der Waals surface area contributed by atoms with Gasteiger partial charge in [-0.15, -0.1) is 0 Å². The lowest BCUT2D eigenvalue weighted by molar-refractivity contribution is 0.351. The highest BCUT2D eigenvalue weighted by Gasteiger charge is 2.38. The largest absolute Gasteiger partial charge is 0.339 e. The van der Waals surface area contributed by atoms with E-state index in [0.717, 1.165) is 0 Å². The lowest BCUT2D eigenvalue weighted by Gasteiger charge is -2.16. The molecule has 0 amide bonds. The first-order chi connectivity index (χ1) is 9.89. The molecule has 2 aromatic heterocycles. The third-order valence-electron chi connectivity index (χ3n) is 3.47. The second-order valence-corrected chi connectivity index (χ2v) is 7.21. The van der Waals surface area contributed by atoms with E-state index in [4.69, 9.17) is 16.1 Å². The fraction of sp³-hybridized carbons (Fsp3) is 0.545. The highest BCUT2D eigenvalue weighted by molar-refractivity contribution is 7.89. The number of hydrogen-bond acceptors (Lipinski definition) is 6. The molecule has 0 aliphatic carbocycles. The van der Waals surface area contributed by atoms with Gasteiger partial charge in [-0.2, -0.15) is 14.4 Å². The second kappa shape index (κ2) is 5.08. The minimum atomic E-state index is -3.68. The van der Waals surface area contributed by atoms with Crippen LogP contribution in [0.5, 0.6) is 0 Å². The molecule has 1 aliphatic heterocycles. The zero-order chi connectivity index (χ0) is 15.2. The number of aryl methyl sites for hydroxylation is 2. The normalized spacial score (nSPS) is 20.2. The van der Waals surface area contributed by atoms with Crippen molar-refractivity contribution >= 4 is 21.6 Å². The summed E-state index contributed by atoms with van der Waals surface area (Å²) in [6, 6.07) is 0. The molecule has 1 saturated heterocycles. The molecule has 114 valence electrons. The lowest BCUT2D eigenvalue weighted by atomic mass is 10.1. The van der Waals surface area contributed by atoms with Crippen molar-refractivity contribution in [3.63, 3.8) is 0 Å². The Balaban J connectivity index is 1.86. The smallest absolute Gasteiger partial charge is 0.261 e. The first kappa shape index (κ1) is 14.5. The fourth-order valence-corrected chi connectivity index (χ4v) is 4.54. The average Bonchev–Trinajstić information content (AvgIpc) is 3.09. The summed E-state index contributed by atoms with van der Waals surface area (Å²) in [5.41, 5.74) is 0. The maximum atomic E-state index is 12.6. The van der Waals surface area contributed by atoms with Gasteiger partial charge in [0.2, 0.25) is 5.89 Å². The number of halogens is 1. The minimum absolute atomic E-state index is 0.00604. The predicted molar refractivity (Wildman–Crippen MR) is 73.4 cm³/mol. The van der Waals surface area contributed by atoms with Gasteiger partial charge in [0.1, 0.15) is 0 Å². The van der Waals surface area contributed by atoms with Crippen LogP contribution in [0.15, 0.2) is 15.7 Å². The molecule has 0 aromatic carbocycles. The monoisotopic (exact) mass is 331 g/mol. The molecule has 3 rings (SSSR count). The van der Waals surface area contributed by atoms with Gasteiger partial charge in [-0.3, -0.25) is 4.68 Å². The van der Waals surface area contributed by atoms with Crippen molar-refractivity contribution in [1.29, 1.82) is 0 Å². The van der Waals surface area contributed by atoms with E-state index in [1.807, 2.05) is 0 Å². The van der Waals surface area contributed by atoms with Crippen molar-refractivity contribution in [3.8, 4) is 0 Å². The van der Waals surface area contributed by atoms with Gasteiger partial charge in [0.25, 0.3) is 10.0 Å². The molecule has 8 nitrogen and oxygen atoms in total. The molecule has 0 N–H and O–H groups in total. The van der Waals surface area contributed by atoms with Crippen LogP contribution in [0.2, 0.25) is 5.02 Å². The third kappa shape index (κ3) is 2.45. The molecule has 0 radical (unpaired) electrons. The van der Waals surface area contributed by atoms with Crippen LogP contribution >= 0.6 is 11.6 Å². The van der Waals surface area contributed by atoms with E-state index in [1.165, 1.54) is 15.2 Å². The Kier molecular flexibility index (Phi) is 3.50. The predicted octanol–water partition coefficient (Wildman–Crippen LogP) is 0.943. The van der Waals surface area contributed by atoms with Gasteiger partial charge in [-0.05, 0) is 13.3 Å². The molecule has 1 atom stereocenters. The van der Waals surface area contributed by atoms with Gasteiger partial charge in [0, 0.05) is 20.1 Å². The van der Waals surface area contributed by atoms with Gasteiger partial charge in [0.15, 0.2) is 10.9 Å². The van der Waals surface area contributed by atoms with Gasteiger partial charge in [-0.25, -0.2) is 8.42 Å². The van der Waals surface area contributed by atoms with Crippen LogP contribution in [0, 0.1) is 6.92 Å². The standard InChI is InChI=1S/C11H14ClN5O3S/c1-7-14-10(20-15-7)8-3-4-17(6-8)21(18,19)11-9(12)5-13-16(11)2/h5,8H,3-4,6H2,1-2H3/t8-/m0/s1. The summed E-state index contributed by atoms with van der Waals surface area (Å²) in [5, 5.41) is 7.74. The van der Waals surface area contributed by atoms with E-state index in [0.29, 0.717) is 31.2 Å². The summed E-state index contributed by atoms with van der Waals surface area (Å²) in [6.07, 6.45) is 1.96. The van der Waals surface area contributed by atoms with Crippen LogP contribution in [0.25, 0.3) is 0 Å². The SMILES string of the molecule is Cc1noc([C@H]2CCN(S(=O)(=O)c3c(Cl)cnn3C)C2)n1. The van der Waals surface area contributed by atoms with E-state index >= 15 is 0 Å². The van der Waals surface area contributed by atoms with Crippen molar-refractivity contribution in [2.45, 2.75) is 24.3 Å². The average molecular weight is 332 g/mol. The van der Waals surface area contributed by atoms with E-state index < -0.39 is 10.0 Å². The quantitative estimate of drug-likeness (QED) is 0.831. The van der Waals surface area contributed by atoms with Crippen molar-refractivity contribution in [2.75, 3.05) is 13.1 Å². The molecule has 0 saturated carbocycles. The Morgan fingerprint density at radius 3 is 2.81 bits per heavy atom. The Labute approximate surface area is 126 Å². The summed E-state index contributed by atoms with van der Waals surface area (Å²) in [4.78, 5) is 4.16. The fourth-order valence-electron chi connectivity index (χ4n) is 2.44. The number of nitrogens with zero attached hydrogens (tertiary/aromatic N) is 5. The Morgan fingerprint density at radius 1 is 1.48 bits per heavy atom. The molecule has 3 heterocycles. The highest BCUT2D eigenvalue weighted by Crippen LogP contribution is 2.32. The summed E-state index contributed by atoms with van der Waals surface area (Å²) in [5.74, 6) is 0.926. The van der Waals surface area contributed by atoms with Crippen LogP contribution in [0.3, 0.4) is 0 Å². The molecule has 0 bridgehead atoms. The van der Waals surface area contributed by atoms with E-state index in [-0.39, 0.29) is 16.0 Å². The van der Waals surface area contributed by atoms with Crippen molar-refractivity contribution in [2.24, 2.45) is 7.05 Å². The zero-order valence-corrected chi connectivity index (χ0v) is 13.1.